The van der Waals surface area contributed by atoms with Crippen LogP contribution in [0.1, 0.15) is 21.5 Å². The number of esters is 1. The lowest BCUT2D eigenvalue weighted by Gasteiger charge is -2.08. The zero-order valence-corrected chi connectivity index (χ0v) is 12.0. The molecule has 2 aromatic carbocycles. The minimum Gasteiger partial charge on any atom is -0.457 e. The Hall–Kier alpha value is -2.40. The van der Waals surface area contributed by atoms with Crippen LogP contribution in [0, 0.1) is 17.0 Å². The molecule has 0 spiro atoms. The van der Waals surface area contributed by atoms with Crippen LogP contribution in [0.5, 0.6) is 0 Å². The maximum atomic E-state index is 12.1. The first-order chi connectivity index (χ1) is 10.0. The van der Waals surface area contributed by atoms with Gasteiger partial charge in [0.1, 0.15) is 12.2 Å². The second-order valence-electron chi connectivity index (χ2n) is 4.39. The quantitative estimate of drug-likeness (QED) is 0.488. The molecule has 0 N–H and O–H groups in total. The van der Waals surface area contributed by atoms with E-state index in [0.29, 0.717) is 16.1 Å². The Morgan fingerprint density at radius 2 is 1.95 bits per heavy atom. The summed E-state index contributed by atoms with van der Waals surface area (Å²) in [5, 5.41) is 11.5. The molecule has 21 heavy (non-hydrogen) atoms. The van der Waals surface area contributed by atoms with Gasteiger partial charge in [-0.2, -0.15) is 0 Å². The predicted octanol–water partition coefficient (Wildman–Crippen LogP) is 3.91. The van der Waals surface area contributed by atoms with Crippen LogP contribution >= 0.6 is 11.6 Å². The molecule has 2 aromatic rings. The van der Waals surface area contributed by atoms with Gasteiger partial charge in [0.15, 0.2) is 0 Å². The fourth-order valence-corrected chi connectivity index (χ4v) is 2.09. The topological polar surface area (TPSA) is 69.4 Å². The monoisotopic (exact) mass is 305 g/mol. The summed E-state index contributed by atoms with van der Waals surface area (Å²) in [5.74, 6) is -0.736. The molecule has 0 aromatic heterocycles. The maximum Gasteiger partial charge on any atom is 0.345 e. The second-order valence-corrected chi connectivity index (χ2v) is 4.80. The van der Waals surface area contributed by atoms with E-state index in [2.05, 4.69) is 0 Å². The number of carbonyl (C=O) groups is 1. The van der Waals surface area contributed by atoms with E-state index in [0.717, 1.165) is 0 Å². The number of hydrogen-bond acceptors (Lipinski definition) is 4. The highest BCUT2D eigenvalue weighted by Crippen LogP contribution is 2.24. The minimum absolute atomic E-state index is 0.0328. The molecule has 0 amide bonds. The van der Waals surface area contributed by atoms with E-state index in [-0.39, 0.29) is 17.9 Å². The van der Waals surface area contributed by atoms with E-state index in [4.69, 9.17) is 16.3 Å². The number of hydrogen-bond donors (Lipinski definition) is 0. The zero-order chi connectivity index (χ0) is 15.4. The normalized spacial score (nSPS) is 10.2. The first-order valence-corrected chi connectivity index (χ1v) is 6.53. The molecule has 0 aliphatic heterocycles. The average Bonchev–Trinajstić information content (AvgIpc) is 2.45. The summed E-state index contributed by atoms with van der Waals surface area (Å²) in [6.45, 7) is 1.59. The van der Waals surface area contributed by atoms with Gasteiger partial charge in [0.25, 0.3) is 5.69 Å². The van der Waals surface area contributed by atoms with Gasteiger partial charge in [-0.3, -0.25) is 10.1 Å². The van der Waals surface area contributed by atoms with Crippen LogP contribution < -0.4 is 0 Å². The fraction of sp³-hybridized carbons (Fsp3) is 0.133. The Morgan fingerprint density at radius 3 is 2.62 bits per heavy atom. The number of aryl methyl sites for hydroxylation is 1. The van der Waals surface area contributed by atoms with E-state index in [1.807, 2.05) is 0 Å². The predicted molar refractivity (Wildman–Crippen MR) is 78.4 cm³/mol. The Kier molecular flexibility index (Phi) is 4.55. The first kappa shape index (κ1) is 15.0. The van der Waals surface area contributed by atoms with Crippen LogP contribution in [-0.2, 0) is 11.3 Å². The lowest BCUT2D eigenvalue weighted by molar-refractivity contribution is -0.385. The van der Waals surface area contributed by atoms with Crippen LogP contribution in [0.4, 0.5) is 5.69 Å². The second kappa shape index (κ2) is 6.37. The van der Waals surface area contributed by atoms with Crippen LogP contribution in [0.15, 0.2) is 42.5 Å². The number of ether oxygens (including phenoxy) is 1. The van der Waals surface area contributed by atoms with Crippen molar-refractivity contribution in [2.75, 3.05) is 0 Å². The van der Waals surface area contributed by atoms with Crippen LogP contribution in [0.25, 0.3) is 0 Å². The molecular weight excluding hydrogens is 294 g/mol. The summed E-state index contributed by atoms with van der Waals surface area (Å²) in [6.07, 6.45) is 0. The zero-order valence-electron chi connectivity index (χ0n) is 11.2. The Bertz CT molecular complexity index is 700. The number of carbonyl (C=O) groups excluding carboxylic acids is 1. The summed E-state index contributed by atoms with van der Waals surface area (Å²) in [7, 11) is 0. The molecule has 0 saturated carbocycles. The number of nitro benzene ring substituents is 1. The lowest BCUT2D eigenvalue weighted by Crippen LogP contribution is -2.10. The van der Waals surface area contributed by atoms with Gasteiger partial charge in [-0.05, 0) is 18.6 Å². The number of halogens is 1. The van der Waals surface area contributed by atoms with Crippen molar-refractivity contribution < 1.29 is 14.5 Å². The third-order valence-corrected chi connectivity index (χ3v) is 3.34. The molecule has 0 aliphatic rings. The average molecular weight is 306 g/mol. The highest BCUT2D eigenvalue weighted by atomic mass is 35.5. The molecule has 108 valence electrons. The molecule has 0 aliphatic carbocycles. The smallest absolute Gasteiger partial charge is 0.345 e. The van der Waals surface area contributed by atoms with E-state index < -0.39 is 10.9 Å². The van der Waals surface area contributed by atoms with E-state index in [1.165, 1.54) is 12.1 Å². The van der Waals surface area contributed by atoms with Gasteiger partial charge in [0, 0.05) is 16.7 Å². The van der Waals surface area contributed by atoms with Gasteiger partial charge in [-0.25, -0.2) is 4.79 Å². The van der Waals surface area contributed by atoms with E-state index >= 15 is 0 Å². The Labute approximate surface area is 126 Å². The van der Waals surface area contributed by atoms with Gasteiger partial charge >= 0.3 is 5.97 Å². The van der Waals surface area contributed by atoms with Crippen molar-refractivity contribution in [3.63, 3.8) is 0 Å². The van der Waals surface area contributed by atoms with Crippen molar-refractivity contribution in [3.05, 3.63) is 74.3 Å². The number of nitro groups is 1. The summed E-state index contributed by atoms with van der Waals surface area (Å²) >= 11 is 5.97. The SMILES string of the molecule is Cc1cccc([N+](=O)[O-])c1C(=O)OCc1ccccc1Cl. The van der Waals surface area contributed by atoms with E-state index in [9.17, 15) is 14.9 Å². The summed E-state index contributed by atoms with van der Waals surface area (Å²) < 4.78 is 5.14. The first-order valence-electron chi connectivity index (χ1n) is 6.15. The van der Waals surface area contributed by atoms with Gasteiger partial charge < -0.3 is 4.74 Å². The number of rotatable bonds is 4. The molecule has 0 heterocycles. The Balaban J connectivity index is 2.22. The molecule has 0 fully saturated rings. The highest BCUT2D eigenvalue weighted by Gasteiger charge is 2.23. The summed E-state index contributed by atoms with van der Waals surface area (Å²) in [4.78, 5) is 22.5. The third-order valence-electron chi connectivity index (χ3n) is 2.97. The third kappa shape index (κ3) is 3.38. The molecular formula is C15H12ClNO4. The van der Waals surface area contributed by atoms with Crippen LogP contribution in [0.3, 0.4) is 0 Å². The Morgan fingerprint density at radius 1 is 1.24 bits per heavy atom. The summed E-state index contributed by atoms with van der Waals surface area (Å²) in [5.41, 5.74) is 0.839. The van der Waals surface area contributed by atoms with Gasteiger partial charge in [0.2, 0.25) is 0 Å². The van der Waals surface area contributed by atoms with Gasteiger partial charge in [0.05, 0.1) is 4.92 Å². The number of benzene rings is 2. The molecule has 0 unspecified atom stereocenters. The molecule has 0 atom stereocenters. The maximum absolute atomic E-state index is 12.1. The lowest BCUT2D eigenvalue weighted by atomic mass is 10.1. The van der Waals surface area contributed by atoms with Crippen molar-refractivity contribution >= 4 is 23.3 Å². The molecule has 5 nitrogen and oxygen atoms in total. The minimum atomic E-state index is -0.736. The van der Waals surface area contributed by atoms with Crippen molar-refractivity contribution in [1.82, 2.24) is 0 Å². The van der Waals surface area contributed by atoms with Crippen LogP contribution in [0.2, 0.25) is 5.02 Å². The van der Waals surface area contributed by atoms with Gasteiger partial charge in [-0.15, -0.1) is 0 Å². The molecule has 0 radical (unpaired) electrons. The standard InChI is InChI=1S/C15H12ClNO4/c1-10-5-4-8-13(17(19)20)14(10)15(18)21-9-11-6-2-3-7-12(11)16/h2-8H,9H2,1H3. The van der Waals surface area contributed by atoms with Crippen molar-refractivity contribution in [2.24, 2.45) is 0 Å². The summed E-state index contributed by atoms with van der Waals surface area (Å²) in [6, 6.07) is 11.4. The van der Waals surface area contributed by atoms with Gasteiger partial charge in [-0.1, -0.05) is 41.9 Å². The molecule has 0 saturated heterocycles. The van der Waals surface area contributed by atoms with Crippen molar-refractivity contribution in [1.29, 1.82) is 0 Å². The van der Waals surface area contributed by atoms with Crippen molar-refractivity contribution in [3.8, 4) is 0 Å². The highest BCUT2D eigenvalue weighted by molar-refractivity contribution is 6.31. The van der Waals surface area contributed by atoms with Crippen LogP contribution in [-0.4, -0.2) is 10.9 Å². The van der Waals surface area contributed by atoms with Crippen molar-refractivity contribution in [2.45, 2.75) is 13.5 Å². The fourth-order valence-electron chi connectivity index (χ4n) is 1.90. The number of nitrogens with zero attached hydrogens (tertiary/aromatic N) is 1. The molecule has 2 rings (SSSR count). The molecule has 0 bridgehead atoms. The molecule has 6 heteroatoms. The largest absolute Gasteiger partial charge is 0.457 e. The van der Waals surface area contributed by atoms with E-state index in [1.54, 1.807) is 37.3 Å².